The normalized spacial score (nSPS) is 13.1. The molecule has 0 aromatic carbocycles. The molecule has 14 heavy (non-hydrogen) atoms. The maximum absolute atomic E-state index is 5.45. The third-order valence-electron chi connectivity index (χ3n) is 1.70. The van der Waals surface area contributed by atoms with Crippen LogP contribution in [0, 0.1) is 0 Å². The van der Waals surface area contributed by atoms with E-state index in [4.69, 9.17) is 10.6 Å². The van der Waals surface area contributed by atoms with Crippen LogP contribution in [-0.2, 0) is 4.74 Å². The lowest BCUT2D eigenvalue weighted by Gasteiger charge is -2.13. The number of rotatable bonds is 5. The second kappa shape index (κ2) is 6.19. The minimum absolute atomic E-state index is 0.0579. The molecule has 0 amide bonds. The molecule has 1 aromatic rings. The fraction of sp³-hybridized carbons (Fsp3) is 0.500. The molecule has 1 unspecified atom stereocenters. The van der Waals surface area contributed by atoms with E-state index in [9.17, 15) is 0 Å². The maximum atomic E-state index is 5.45. The van der Waals surface area contributed by atoms with Gasteiger partial charge in [-0.15, -0.1) is 11.3 Å². The molecule has 1 heterocycles. The first-order chi connectivity index (χ1) is 6.69. The largest absolute Gasteiger partial charge is 0.380 e. The number of nitrogens with two attached hydrogens (primary N) is 1. The van der Waals surface area contributed by atoms with Gasteiger partial charge in [0.25, 0.3) is 0 Å². The molecular formula is C8H12Br2N2OS. The molecular weight excluding hydrogens is 332 g/mol. The van der Waals surface area contributed by atoms with Crippen molar-refractivity contribution < 1.29 is 4.74 Å². The summed E-state index contributed by atoms with van der Waals surface area (Å²) < 4.78 is 7.45. The van der Waals surface area contributed by atoms with Crippen LogP contribution in [-0.4, -0.2) is 13.2 Å². The Bertz CT molecular complexity index is 273. The summed E-state index contributed by atoms with van der Waals surface area (Å²) in [6, 6.07) is 2.10. The van der Waals surface area contributed by atoms with Crippen molar-refractivity contribution in [1.82, 2.24) is 5.43 Å². The number of ether oxygens (including phenoxy) is 1. The van der Waals surface area contributed by atoms with Gasteiger partial charge in [0.05, 0.1) is 16.4 Å². The molecule has 1 aromatic heterocycles. The molecule has 0 radical (unpaired) electrons. The molecule has 0 saturated carbocycles. The Balaban J connectivity index is 2.68. The first-order valence-electron chi connectivity index (χ1n) is 4.17. The molecule has 0 aliphatic rings. The summed E-state index contributed by atoms with van der Waals surface area (Å²) in [5.41, 5.74) is 2.74. The highest BCUT2D eigenvalue weighted by atomic mass is 79.9. The third kappa shape index (κ3) is 3.29. The Kier molecular flexibility index (Phi) is 5.58. The summed E-state index contributed by atoms with van der Waals surface area (Å²) in [6.07, 6.45) is 0. The first kappa shape index (κ1) is 12.6. The molecule has 3 nitrogen and oxygen atoms in total. The summed E-state index contributed by atoms with van der Waals surface area (Å²) >= 11 is 8.52. The van der Waals surface area contributed by atoms with E-state index >= 15 is 0 Å². The molecule has 0 saturated heterocycles. The number of hydrogen-bond donors (Lipinski definition) is 2. The van der Waals surface area contributed by atoms with E-state index in [0.29, 0.717) is 13.2 Å². The van der Waals surface area contributed by atoms with Crippen LogP contribution in [0.1, 0.15) is 17.8 Å². The molecule has 80 valence electrons. The van der Waals surface area contributed by atoms with Gasteiger partial charge in [-0.1, -0.05) is 0 Å². The number of thiophene rings is 1. The van der Waals surface area contributed by atoms with Gasteiger partial charge in [0, 0.05) is 16.0 Å². The van der Waals surface area contributed by atoms with Crippen LogP contribution >= 0.6 is 43.2 Å². The Morgan fingerprint density at radius 3 is 2.79 bits per heavy atom. The summed E-state index contributed by atoms with van der Waals surface area (Å²) in [4.78, 5) is 1.15. The van der Waals surface area contributed by atoms with E-state index in [1.807, 2.05) is 13.0 Å². The molecule has 0 aliphatic carbocycles. The lowest BCUT2D eigenvalue weighted by Crippen LogP contribution is -2.30. The zero-order valence-electron chi connectivity index (χ0n) is 7.72. The van der Waals surface area contributed by atoms with Crippen LogP contribution in [0.5, 0.6) is 0 Å². The molecule has 0 fully saturated rings. The Labute approximate surface area is 104 Å². The highest BCUT2D eigenvalue weighted by Gasteiger charge is 2.14. The van der Waals surface area contributed by atoms with Crippen molar-refractivity contribution in [3.05, 3.63) is 19.2 Å². The standard InChI is InChI=1S/C8H12Br2N2OS/c1-2-13-4-6(12-11)7-3-5(9)8(10)14-7/h3,6,12H,2,4,11H2,1H3. The predicted molar refractivity (Wildman–Crippen MR) is 66.3 cm³/mol. The van der Waals surface area contributed by atoms with Crippen LogP contribution in [0.3, 0.4) is 0 Å². The summed E-state index contributed by atoms with van der Waals surface area (Å²) in [6.45, 7) is 3.26. The highest BCUT2D eigenvalue weighted by Crippen LogP contribution is 2.35. The quantitative estimate of drug-likeness (QED) is 0.638. The van der Waals surface area contributed by atoms with E-state index in [1.54, 1.807) is 11.3 Å². The van der Waals surface area contributed by atoms with Crippen LogP contribution in [0.25, 0.3) is 0 Å². The molecule has 0 bridgehead atoms. The highest BCUT2D eigenvalue weighted by molar-refractivity contribution is 9.13. The third-order valence-corrected chi connectivity index (χ3v) is 5.07. The summed E-state index contributed by atoms with van der Waals surface area (Å²) in [5, 5.41) is 0. The molecule has 3 N–H and O–H groups in total. The molecule has 1 atom stereocenters. The predicted octanol–water partition coefficient (Wildman–Crippen LogP) is 2.81. The topological polar surface area (TPSA) is 47.3 Å². The number of halogens is 2. The lowest BCUT2D eigenvalue weighted by atomic mass is 10.3. The lowest BCUT2D eigenvalue weighted by molar-refractivity contribution is 0.124. The smallest absolute Gasteiger partial charge is 0.0843 e. The fourth-order valence-corrected chi connectivity index (χ4v) is 3.12. The van der Waals surface area contributed by atoms with Gasteiger partial charge in [0.15, 0.2) is 0 Å². The van der Waals surface area contributed by atoms with Crippen molar-refractivity contribution in [2.45, 2.75) is 13.0 Å². The van der Waals surface area contributed by atoms with Crippen molar-refractivity contribution in [2.24, 2.45) is 5.84 Å². The van der Waals surface area contributed by atoms with Gasteiger partial charge in [-0.05, 0) is 44.8 Å². The Morgan fingerprint density at radius 2 is 2.36 bits per heavy atom. The second-order valence-corrected chi connectivity index (χ2v) is 5.91. The SMILES string of the molecule is CCOCC(NN)c1cc(Br)c(Br)s1. The molecule has 0 aliphatic heterocycles. The van der Waals surface area contributed by atoms with Crippen molar-refractivity contribution in [2.75, 3.05) is 13.2 Å². The van der Waals surface area contributed by atoms with Gasteiger partial charge in [-0.3, -0.25) is 5.84 Å². The Morgan fingerprint density at radius 1 is 1.64 bits per heavy atom. The zero-order valence-corrected chi connectivity index (χ0v) is 11.7. The Hall–Kier alpha value is 0.540. The van der Waals surface area contributed by atoms with Gasteiger partial charge in [-0.2, -0.15) is 0 Å². The van der Waals surface area contributed by atoms with Crippen molar-refractivity contribution in [1.29, 1.82) is 0 Å². The van der Waals surface area contributed by atoms with E-state index in [2.05, 4.69) is 37.3 Å². The van der Waals surface area contributed by atoms with Crippen molar-refractivity contribution in [3.63, 3.8) is 0 Å². The zero-order chi connectivity index (χ0) is 10.6. The average Bonchev–Trinajstić information content (AvgIpc) is 2.48. The van der Waals surface area contributed by atoms with Crippen LogP contribution in [0.4, 0.5) is 0 Å². The van der Waals surface area contributed by atoms with Gasteiger partial charge in [0.2, 0.25) is 0 Å². The van der Waals surface area contributed by atoms with Crippen LogP contribution < -0.4 is 11.3 Å². The van der Waals surface area contributed by atoms with Crippen molar-refractivity contribution >= 4 is 43.2 Å². The summed E-state index contributed by atoms with van der Waals surface area (Å²) in [5.74, 6) is 5.45. The average molecular weight is 344 g/mol. The van der Waals surface area contributed by atoms with Gasteiger partial charge >= 0.3 is 0 Å². The second-order valence-electron chi connectivity index (χ2n) is 2.65. The number of hydrazine groups is 1. The number of hydrogen-bond acceptors (Lipinski definition) is 4. The summed E-state index contributed by atoms with van der Waals surface area (Å²) in [7, 11) is 0. The van der Waals surface area contributed by atoms with E-state index < -0.39 is 0 Å². The van der Waals surface area contributed by atoms with E-state index in [1.165, 1.54) is 0 Å². The molecule has 6 heteroatoms. The first-order valence-corrected chi connectivity index (χ1v) is 6.57. The number of nitrogens with one attached hydrogen (secondary N) is 1. The molecule has 0 spiro atoms. The monoisotopic (exact) mass is 342 g/mol. The van der Waals surface area contributed by atoms with Crippen molar-refractivity contribution in [3.8, 4) is 0 Å². The minimum Gasteiger partial charge on any atom is -0.380 e. The van der Waals surface area contributed by atoms with Gasteiger partial charge < -0.3 is 4.74 Å². The van der Waals surface area contributed by atoms with Crippen LogP contribution in [0.15, 0.2) is 14.3 Å². The minimum atomic E-state index is 0.0579. The maximum Gasteiger partial charge on any atom is 0.0843 e. The molecule has 1 rings (SSSR count). The van der Waals surface area contributed by atoms with Gasteiger partial charge in [-0.25, -0.2) is 5.43 Å². The van der Waals surface area contributed by atoms with E-state index in [-0.39, 0.29) is 6.04 Å². The van der Waals surface area contributed by atoms with E-state index in [0.717, 1.165) is 13.1 Å². The van der Waals surface area contributed by atoms with Crippen LogP contribution in [0.2, 0.25) is 0 Å². The van der Waals surface area contributed by atoms with Gasteiger partial charge in [0.1, 0.15) is 0 Å². The fourth-order valence-electron chi connectivity index (χ4n) is 0.983.